The minimum Gasteiger partial charge on any atom is -0.382 e. The molecule has 8 nitrogen and oxygen atoms in total. The highest BCUT2D eigenvalue weighted by molar-refractivity contribution is 7.91. The van der Waals surface area contributed by atoms with Crippen LogP contribution in [0.2, 0.25) is 0 Å². The first kappa shape index (κ1) is 20.1. The van der Waals surface area contributed by atoms with Crippen molar-refractivity contribution >= 4 is 27.4 Å². The van der Waals surface area contributed by atoms with Crippen molar-refractivity contribution in [2.75, 3.05) is 41.7 Å². The predicted octanol–water partition coefficient (Wildman–Crippen LogP) is 2.23. The molecule has 2 aromatic heterocycles. The molecular formula is C21H24N6O2S. The van der Waals surface area contributed by atoms with E-state index in [4.69, 9.17) is 5.73 Å². The third-order valence-electron chi connectivity index (χ3n) is 5.38. The van der Waals surface area contributed by atoms with E-state index in [0.717, 1.165) is 30.0 Å². The molecule has 0 spiro atoms. The number of rotatable bonds is 4. The maximum absolute atomic E-state index is 13.0. The predicted molar refractivity (Wildman–Crippen MR) is 116 cm³/mol. The second kappa shape index (κ2) is 7.91. The first-order valence-electron chi connectivity index (χ1n) is 9.72. The molecular weight excluding hydrogens is 400 g/mol. The maximum atomic E-state index is 13.0. The number of nitrogens with two attached hydrogens (primary N) is 1. The van der Waals surface area contributed by atoms with Gasteiger partial charge in [0.2, 0.25) is 15.8 Å². The van der Waals surface area contributed by atoms with Gasteiger partial charge in [-0.1, -0.05) is 12.1 Å². The van der Waals surface area contributed by atoms with Gasteiger partial charge in [0, 0.05) is 32.4 Å². The van der Waals surface area contributed by atoms with E-state index in [0.29, 0.717) is 19.0 Å². The summed E-state index contributed by atoms with van der Waals surface area (Å²) < 4.78 is 26.0. The van der Waals surface area contributed by atoms with Gasteiger partial charge in [0.25, 0.3) is 0 Å². The van der Waals surface area contributed by atoms with Crippen LogP contribution < -0.4 is 15.5 Å². The standard InChI is InChI=1S/C21H24N6O2S/c1-15-6-7-17(13-16(15)2)30(28,29)18-14-24-21(25-20(18)22)27-11-9-26(10-12-27)19-5-3-4-8-23-19/h3-8,13-14H,9-12H2,1-2H3,(H2,22,24,25). The molecule has 0 saturated carbocycles. The van der Waals surface area contributed by atoms with Crippen LogP contribution in [-0.2, 0) is 9.84 Å². The van der Waals surface area contributed by atoms with Gasteiger partial charge in [0.1, 0.15) is 16.5 Å². The quantitative estimate of drug-likeness (QED) is 0.680. The highest BCUT2D eigenvalue weighted by atomic mass is 32.2. The number of aromatic nitrogens is 3. The third kappa shape index (κ3) is 3.80. The van der Waals surface area contributed by atoms with Crippen molar-refractivity contribution in [2.24, 2.45) is 0 Å². The first-order chi connectivity index (χ1) is 14.4. The summed E-state index contributed by atoms with van der Waals surface area (Å²) in [4.78, 5) is 17.3. The molecule has 0 amide bonds. The van der Waals surface area contributed by atoms with Gasteiger partial charge in [0.05, 0.1) is 11.1 Å². The lowest BCUT2D eigenvalue weighted by Crippen LogP contribution is -2.47. The van der Waals surface area contributed by atoms with E-state index < -0.39 is 9.84 Å². The zero-order valence-corrected chi connectivity index (χ0v) is 17.8. The maximum Gasteiger partial charge on any atom is 0.227 e. The van der Waals surface area contributed by atoms with Crippen molar-refractivity contribution in [3.8, 4) is 0 Å². The summed E-state index contributed by atoms with van der Waals surface area (Å²) in [5, 5.41) is 0. The highest BCUT2D eigenvalue weighted by Gasteiger charge is 2.25. The van der Waals surface area contributed by atoms with Gasteiger partial charge in [-0.25, -0.2) is 18.4 Å². The van der Waals surface area contributed by atoms with Crippen LogP contribution in [0.25, 0.3) is 0 Å². The second-order valence-electron chi connectivity index (χ2n) is 7.33. The van der Waals surface area contributed by atoms with Crippen LogP contribution >= 0.6 is 0 Å². The molecule has 4 rings (SSSR count). The van der Waals surface area contributed by atoms with E-state index in [2.05, 4.69) is 19.9 Å². The average molecular weight is 425 g/mol. The molecule has 1 aromatic carbocycles. The number of anilines is 3. The molecule has 3 aromatic rings. The van der Waals surface area contributed by atoms with Crippen molar-refractivity contribution < 1.29 is 8.42 Å². The van der Waals surface area contributed by atoms with Crippen LogP contribution in [0.5, 0.6) is 0 Å². The Labute approximate surface area is 176 Å². The molecule has 0 bridgehead atoms. The number of benzene rings is 1. The number of aryl methyl sites for hydroxylation is 2. The molecule has 1 aliphatic rings. The normalized spacial score (nSPS) is 14.7. The Morgan fingerprint density at radius 1 is 0.933 bits per heavy atom. The van der Waals surface area contributed by atoms with Crippen LogP contribution in [0.3, 0.4) is 0 Å². The summed E-state index contributed by atoms with van der Waals surface area (Å²) in [6, 6.07) is 10.9. The summed E-state index contributed by atoms with van der Waals surface area (Å²) in [5.41, 5.74) is 7.99. The summed E-state index contributed by atoms with van der Waals surface area (Å²) in [5.74, 6) is 1.34. The minimum atomic E-state index is -3.79. The molecule has 30 heavy (non-hydrogen) atoms. The number of piperazine rings is 1. The molecule has 1 fully saturated rings. The van der Waals surface area contributed by atoms with Gasteiger partial charge < -0.3 is 15.5 Å². The number of hydrogen-bond donors (Lipinski definition) is 1. The van der Waals surface area contributed by atoms with Crippen molar-refractivity contribution in [2.45, 2.75) is 23.6 Å². The monoisotopic (exact) mass is 424 g/mol. The Hall–Kier alpha value is -3.20. The fourth-order valence-corrected chi connectivity index (χ4v) is 4.76. The lowest BCUT2D eigenvalue weighted by atomic mass is 10.1. The van der Waals surface area contributed by atoms with Gasteiger partial charge in [-0.15, -0.1) is 0 Å². The molecule has 0 aliphatic carbocycles. The zero-order valence-electron chi connectivity index (χ0n) is 17.0. The average Bonchev–Trinajstić information content (AvgIpc) is 2.76. The van der Waals surface area contributed by atoms with Crippen molar-refractivity contribution in [1.82, 2.24) is 15.0 Å². The van der Waals surface area contributed by atoms with Crippen molar-refractivity contribution in [3.63, 3.8) is 0 Å². The summed E-state index contributed by atoms with van der Waals surface area (Å²) >= 11 is 0. The number of pyridine rings is 1. The van der Waals surface area contributed by atoms with Gasteiger partial charge in [0.15, 0.2) is 0 Å². The number of nitrogens with zero attached hydrogens (tertiary/aromatic N) is 5. The van der Waals surface area contributed by atoms with Gasteiger partial charge in [-0.2, -0.15) is 4.98 Å². The van der Waals surface area contributed by atoms with E-state index in [-0.39, 0.29) is 15.6 Å². The van der Waals surface area contributed by atoms with E-state index >= 15 is 0 Å². The largest absolute Gasteiger partial charge is 0.382 e. The molecule has 1 aliphatic heterocycles. The Bertz CT molecular complexity index is 1160. The molecule has 3 heterocycles. The van der Waals surface area contributed by atoms with Crippen LogP contribution in [0.15, 0.2) is 58.6 Å². The van der Waals surface area contributed by atoms with Crippen molar-refractivity contribution in [1.29, 1.82) is 0 Å². The third-order valence-corrected chi connectivity index (χ3v) is 7.15. The Morgan fingerprint density at radius 2 is 1.67 bits per heavy atom. The van der Waals surface area contributed by atoms with Gasteiger partial charge >= 0.3 is 0 Å². The minimum absolute atomic E-state index is 0.0367. The molecule has 0 unspecified atom stereocenters. The van der Waals surface area contributed by atoms with E-state index in [1.54, 1.807) is 24.4 Å². The molecule has 1 saturated heterocycles. The summed E-state index contributed by atoms with van der Waals surface area (Å²) in [6.45, 7) is 6.73. The molecule has 2 N–H and O–H groups in total. The zero-order chi connectivity index (χ0) is 21.3. The lowest BCUT2D eigenvalue weighted by molar-refractivity contribution is 0.595. The van der Waals surface area contributed by atoms with Crippen LogP contribution in [0.4, 0.5) is 17.6 Å². The van der Waals surface area contributed by atoms with Crippen LogP contribution in [0.1, 0.15) is 11.1 Å². The number of hydrogen-bond acceptors (Lipinski definition) is 8. The Balaban J connectivity index is 1.53. The van der Waals surface area contributed by atoms with E-state index in [1.165, 1.54) is 6.20 Å². The fourth-order valence-electron chi connectivity index (χ4n) is 3.42. The topological polar surface area (TPSA) is 105 Å². The molecule has 156 valence electrons. The SMILES string of the molecule is Cc1ccc(S(=O)(=O)c2cnc(N3CCN(c4ccccn4)CC3)nc2N)cc1C. The van der Waals surface area contributed by atoms with E-state index in [1.807, 2.05) is 36.9 Å². The van der Waals surface area contributed by atoms with Gasteiger partial charge in [-0.3, -0.25) is 0 Å². The lowest BCUT2D eigenvalue weighted by Gasteiger charge is -2.35. The molecule has 0 radical (unpaired) electrons. The number of sulfone groups is 1. The number of nitrogen functional groups attached to an aromatic ring is 1. The smallest absolute Gasteiger partial charge is 0.227 e. The highest BCUT2D eigenvalue weighted by Crippen LogP contribution is 2.27. The van der Waals surface area contributed by atoms with Crippen molar-refractivity contribution in [3.05, 3.63) is 59.9 Å². The van der Waals surface area contributed by atoms with E-state index in [9.17, 15) is 8.42 Å². The molecule has 9 heteroatoms. The second-order valence-corrected chi connectivity index (χ2v) is 9.25. The first-order valence-corrected chi connectivity index (χ1v) is 11.2. The summed E-state index contributed by atoms with van der Waals surface area (Å²) in [7, 11) is -3.79. The van der Waals surface area contributed by atoms with Crippen LogP contribution in [0, 0.1) is 13.8 Å². The van der Waals surface area contributed by atoms with Gasteiger partial charge in [-0.05, 0) is 49.2 Å². The van der Waals surface area contributed by atoms with Crippen LogP contribution in [-0.4, -0.2) is 49.5 Å². The fraction of sp³-hybridized carbons (Fsp3) is 0.286. The Morgan fingerprint density at radius 3 is 2.30 bits per heavy atom. The summed E-state index contributed by atoms with van der Waals surface area (Å²) in [6.07, 6.45) is 3.09. The molecule has 0 atom stereocenters. The Kier molecular flexibility index (Phi) is 5.29.